The number of methoxy groups -OCH3 is 1. The summed E-state index contributed by atoms with van der Waals surface area (Å²) in [6.45, 7) is 5.94. The van der Waals surface area contributed by atoms with Crippen molar-refractivity contribution in [1.82, 2.24) is 0 Å². The Morgan fingerprint density at radius 3 is 2.38 bits per heavy atom. The van der Waals surface area contributed by atoms with E-state index in [1.165, 1.54) is 0 Å². The average Bonchev–Trinajstić information content (AvgIpc) is 2.59. The molecule has 0 saturated carbocycles. The Morgan fingerprint density at radius 1 is 1.08 bits per heavy atom. The largest absolute Gasteiger partial charge is 0.497 e. The summed E-state index contributed by atoms with van der Waals surface area (Å²) in [4.78, 5) is 14.1. The molecule has 0 bridgehead atoms. The van der Waals surface area contributed by atoms with E-state index in [9.17, 15) is 4.79 Å². The van der Waals surface area contributed by atoms with Crippen LogP contribution in [0.15, 0.2) is 48.5 Å². The maximum absolute atomic E-state index is 12.1. The molecule has 0 saturated heterocycles. The van der Waals surface area contributed by atoms with Gasteiger partial charge in [0, 0.05) is 30.3 Å². The van der Waals surface area contributed by atoms with Crippen LogP contribution in [0.5, 0.6) is 5.75 Å². The number of benzene rings is 2. The van der Waals surface area contributed by atoms with Crippen LogP contribution in [0.25, 0.3) is 0 Å². The molecule has 0 aliphatic carbocycles. The average molecular weight is 324 g/mol. The summed E-state index contributed by atoms with van der Waals surface area (Å²) < 4.78 is 5.22. The quantitative estimate of drug-likeness (QED) is 0.918. The molecular formula is C20H24N2O2. The van der Waals surface area contributed by atoms with Crippen LogP contribution in [0.4, 0.5) is 11.4 Å². The molecule has 0 aromatic heterocycles. The summed E-state index contributed by atoms with van der Waals surface area (Å²) in [5.74, 6) is 1.21. The minimum absolute atomic E-state index is 0.0877. The summed E-state index contributed by atoms with van der Waals surface area (Å²) >= 11 is 0. The molecule has 24 heavy (non-hydrogen) atoms. The lowest BCUT2D eigenvalue weighted by atomic mass is 9.82. The van der Waals surface area contributed by atoms with Crippen molar-refractivity contribution in [2.24, 2.45) is 5.92 Å². The van der Waals surface area contributed by atoms with Gasteiger partial charge in [0.25, 0.3) is 0 Å². The highest BCUT2D eigenvalue weighted by atomic mass is 16.5. The molecule has 1 amide bonds. The zero-order valence-corrected chi connectivity index (χ0v) is 14.6. The third-order valence-corrected chi connectivity index (χ3v) is 4.98. The van der Waals surface area contributed by atoms with Crippen molar-refractivity contribution in [1.29, 1.82) is 0 Å². The van der Waals surface area contributed by atoms with E-state index in [0.717, 1.165) is 22.7 Å². The van der Waals surface area contributed by atoms with E-state index in [1.807, 2.05) is 47.4 Å². The van der Waals surface area contributed by atoms with Crippen molar-refractivity contribution >= 4 is 17.3 Å². The maximum atomic E-state index is 12.1. The molecule has 3 atom stereocenters. The van der Waals surface area contributed by atoms with E-state index >= 15 is 0 Å². The molecule has 4 nitrogen and oxygen atoms in total. The molecule has 0 spiro atoms. The van der Waals surface area contributed by atoms with E-state index < -0.39 is 0 Å². The van der Waals surface area contributed by atoms with Gasteiger partial charge in [-0.2, -0.15) is 0 Å². The van der Waals surface area contributed by atoms with Gasteiger partial charge in [0.05, 0.1) is 13.2 Å². The molecule has 2 aromatic rings. The molecule has 3 rings (SSSR count). The number of rotatable bonds is 3. The number of nitrogens with one attached hydrogen (secondary N) is 1. The van der Waals surface area contributed by atoms with Crippen LogP contribution in [0.1, 0.15) is 32.4 Å². The number of anilines is 2. The molecule has 1 aliphatic rings. The number of carbonyl (C=O) groups excluding carboxylic acids is 1. The normalized spacial score (nSPS) is 22.7. The Bertz CT molecular complexity index is 727. The van der Waals surface area contributed by atoms with Crippen LogP contribution in [-0.4, -0.2) is 19.1 Å². The SMILES string of the molecule is COc1ccc(NC2c3ccccc3N(C(C)=O)[C@@H](C)[C@@H]2C)cc1. The Morgan fingerprint density at radius 2 is 1.75 bits per heavy atom. The second-order valence-electron chi connectivity index (χ2n) is 6.40. The second kappa shape index (κ2) is 6.56. The molecule has 2 aromatic carbocycles. The molecule has 4 heteroatoms. The second-order valence-corrected chi connectivity index (χ2v) is 6.40. The lowest BCUT2D eigenvalue weighted by Gasteiger charge is -2.44. The van der Waals surface area contributed by atoms with Crippen molar-refractivity contribution in [3.8, 4) is 5.75 Å². The summed E-state index contributed by atoms with van der Waals surface area (Å²) in [5, 5.41) is 3.63. The number of amides is 1. The van der Waals surface area contributed by atoms with Gasteiger partial charge in [-0.25, -0.2) is 0 Å². The zero-order chi connectivity index (χ0) is 17.3. The van der Waals surface area contributed by atoms with Crippen molar-refractivity contribution in [2.45, 2.75) is 32.9 Å². The Hall–Kier alpha value is -2.49. The first-order valence-corrected chi connectivity index (χ1v) is 8.32. The first-order chi connectivity index (χ1) is 11.5. The smallest absolute Gasteiger partial charge is 0.224 e. The minimum atomic E-state index is 0.0877. The fourth-order valence-electron chi connectivity index (χ4n) is 3.52. The topological polar surface area (TPSA) is 41.6 Å². The van der Waals surface area contributed by atoms with Gasteiger partial charge in [0.2, 0.25) is 5.91 Å². The maximum Gasteiger partial charge on any atom is 0.224 e. The van der Waals surface area contributed by atoms with Crippen molar-refractivity contribution in [3.05, 3.63) is 54.1 Å². The van der Waals surface area contributed by atoms with Crippen LogP contribution in [0.3, 0.4) is 0 Å². The lowest BCUT2D eigenvalue weighted by molar-refractivity contribution is -0.117. The van der Waals surface area contributed by atoms with E-state index in [4.69, 9.17) is 4.74 Å². The van der Waals surface area contributed by atoms with Gasteiger partial charge in [-0.05, 0) is 42.8 Å². The number of nitrogens with zero attached hydrogens (tertiary/aromatic N) is 1. The van der Waals surface area contributed by atoms with Crippen LogP contribution < -0.4 is 15.0 Å². The van der Waals surface area contributed by atoms with Crippen LogP contribution in [0, 0.1) is 5.92 Å². The number of fused-ring (bicyclic) bond motifs is 1. The fraction of sp³-hybridized carbons (Fsp3) is 0.350. The molecule has 1 unspecified atom stereocenters. The first-order valence-electron chi connectivity index (χ1n) is 8.32. The Kier molecular flexibility index (Phi) is 4.47. The highest BCUT2D eigenvalue weighted by Gasteiger charge is 2.37. The summed E-state index contributed by atoms with van der Waals surface area (Å²) in [6, 6.07) is 16.4. The van der Waals surface area contributed by atoms with Crippen LogP contribution in [-0.2, 0) is 4.79 Å². The Labute approximate surface area is 143 Å². The molecule has 126 valence electrons. The summed E-state index contributed by atoms with van der Waals surface area (Å²) in [6.07, 6.45) is 0. The Balaban J connectivity index is 1.97. The van der Waals surface area contributed by atoms with Gasteiger partial charge in [-0.1, -0.05) is 25.1 Å². The van der Waals surface area contributed by atoms with Gasteiger partial charge in [0.15, 0.2) is 0 Å². The van der Waals surface area contributed by atoms with Gasteiger partial charge in [-0.15, -0.1) is 0 Å². The monoisotopic (exact) mass is 324 g/mol. The van der Waals surface area contributed by atoms with Crippen LogP contribution in [0.2, 0.25) is 0 Å². The highest BCUT2D eigenvalue weighted by Crippen LogP contribution is 2.42. The van der Waals surface area contributed by atoms with Crippen LogP contribution >= 0.6 is 0 Å². The summed E-state index contributed by atoms with van der Waals surface area (Å²) in [5.41, 5.74) is 3.21. The highest BCUT2D eigenvalue weighted by molar-refractivity contribution is 5.93. The van der Waals surface area contributed by atoms with E-state index in [-0.39, 0.29) is 23.9 Å². The number of carbonyl (C=O) groups is 1. The number of para-hydroxylation sites is 1. The number of hydrogen-bond acceptors (Lipinski definition) is 3. The molecular weight excluding hydrogens is 300 g/mol. The molecule has 0 radical (unpaired) electrons. The van der Waals surface area contributed by atoms with Crippen molar-refractivity contribution in [3.63, 3.8) is 0 Å². The third-order valence-electron chi connectivity index (χ3n) is 4.98. The first kappa shape index (κ1) is 16.4. The predicted molar refractivity (Wildman–Crippen MR) is 97.6 cm³/mol. The molecule has 1 heterocycles. The third kappa shape index (κ3) is 2.84. The molecule has 1 N–H and O–H groups in total. The van der Waals surface area contributed by atoms with E-state index in [1.54, 1.807) is 14.0 Å². The van der Waals surface area contributed by atoms with Gasteiger partial charge in [0.1, 0.15) is 5.75 Å². The minimum Gasteiger partial charge on any atom is -0.497 e. The zero-order valence-electron chi connectivity index (χ0n) is 14.6. The van der Waals surface area contributed by atoms with Gasteiger partial charge in [-0.3, -0.25) is 4.79 Å². The van der Waals surface area contributed by atoms with Gasteiger partial charge < -0.3 is 15.0 Å². The van der Waals surface area contributed by atoms with E-state index in [0.29, 0.717) is 0 Å². The van der Waals surface area contributed by atoms with E-state index in [2.05, 4.69) is 25.2 Å². The lowest BCUT2D eigenvalue weighted by Crippen LogP contribution is -2.48. The number of hydrogen-bond donors (Lipinski definition) is 1. The van der Waals surface area contributed by atoms with Crippen molar-refractivity contribution < 1.29 is 9.53 Å². The van der Waals surface area contributed by atoms with Gasteiger partial charge >= 0.3 is 0 Å². The molecule has 0 fully saturated rings. The summed E-state index contributed by atoms with van der Waals surface area (Å²) in [7, 11) is 1.67. The van der Waals surface area contributed by atoms with Crippen molar-refractivity contribution in [2.75, 3.05) is 17.3 Å². The fourth-order valence-corrected chi connectivity index (χ4v) is 3.52. The number of ether oxygens (including phenoxy) is 1. The standard InChI is InChI=1S/C20H24N2O2/c1-13-14(2)22(15(3)23)19-8-6-5-7-18(19)20(13)21-16-9-11-17(24-4)12-10-16/h5-14,20-21H,1-4H3/t13-,14-,20?/m0/s1. The molecule has 1 aliphatic heterocycles. The predicted octanol–water partition coefficient (Wildman–Crippen LogP) is 4.24.